The lowest BCUT2D eigenvalue weighted by molar-refractivity contribution is 0.0696. The second kappa shape index (κ2) is 8.52. The molecule has 0 bridgehead atoms. The maximum atomic E-state index is 11.2. The maximum absolute atomic E-state index is 11.2. The van der Waals surface area contributed by atoms with Gasteiger partial charge in [0, 0.05) is 5.56 Å². The summed E-state index contributed by atoms with van der Waals surface area (Å²) < 4.78 is 10.8. The van der Waals surface area contributed by atoms with Crippen LogP contribution in [0.15, 0.2) is 12.1 Å². The fourth-order valence-corrected chi connectivity index (χ4v) is 1.76. The molecule has 0 radical (unpaired) electrons. The monoisotopic (exact) mass is 287 g/mol. The number of ether oxygens (including phenoxy) is 2. The van der Waals surface area contributed by atoms with E-state index in [9.17, 15) is 4.79 Å². The number of carbonyl (C=O) groups is 1. The first-order valence-electron chi connectivity index (χ1n) is 6.36. The van der Waals surface area contributed by atoms with Crippen molar-refractivity contribution in [1.82, 2.24) is 0 Å². The molecule has 0 amide bonds. The predicted molar refractivity (Wildman–Crippen MR) is 79.4 cm³/mol. The summed E-state index contributed by atoms with van der Waals surface area (Å²) in [6.07, 6.45) is 11.6. The molecule has 5 heteroatoms. The van der Waals surface area contributed by atoms with Gasteiger partial charge in [0.2, 0.25) is 0 Å². The van der Waals surface area contributed by atoms with Gasteiger partial charge in [0.1, 0.15) is 24.7 Å². The molecule has 0 saturated carbocycles. The Hall–Kier alpha value is -2.63. The number of benzene rings is 1. The van der Waals surface area contributed by atoms with Crippen molar-refractivity contribution in [2.45, 2.75) is 12.8 Å². The van der Waals surface area contributed by atoms with Gasteiger partial charge in [-0.15, -0.1) is 12.8 Å². The van der Waals surface area contributed by atoms with Crippen LogP contribution in [0.3, 0.4) is 0 Å². The van der Waals surface area contributed by atoms with E-state index in [2.05, 4.69) is 11.8 Å². The smallest absolute Gasteiger partial charge is 0.335 e. The van der Waals surface area contributed by atoms with Gasteiger partial charge in [-0.2, -0.15) is 0 Å². The first-order chi connectivity index (χ1) is 10.1. The van der Waals surface area contributed by atoms with E-state index in [0.717, 1.165) is 5.56 Å². The summed E-state index contributed by atoms with van der Waals surface area (Å²) in [6.45, 7) is 0.560. The van der Waals surface area contributed by atoms with Crippen LogP contribution in [-0.4, -0.2) is 30.8 Å². The average molecular weight is 287 g/mol. The van der Waals surface area contributed by atoms with Crippen LogP contribution in [0.4, 0.5) is 0 Å². The van der Waals surface area contributed by atoms with E-state index in [0.29, 0.717) is 30.9 Å². The van der Waals surface area contributed by atoms with Crippen molar-refractivity contribution >= 4 is 5.97 Å². The minimum Gasteiger partial charge on any atom is -0.481 e. The Balaban J connectivity index is 3.26. The van der Waals surface area contributed by atoms with E-state index in [1.165, 1.54) is 12.1 Å². The summed E-state index contributed by atoms with van der Waals surface area (Å²) in [4.78, 5) is 11.2. The number of carboxylic acid groups (broad SMARTS) is 1. The molecule has 1 rings (SSSR count). The number of hydrogen-bond acceptors (Lipinski definition) is 4. The summed E-state index contributed by atoms with van der Waals surface area (Å²) in [5.74, 6) is 4.37. The molecule has 0 heterocycles. The van der Waals surface area contributed by atoms with E-state index in [-0.39, 0.29) is 18.8 Å². The third-order valence-electron chi connectivity index (χ3n) is 2.67. The van der Waals surface area contributed by atoms with E-state index in [1.807, 2.05) is 0 Å². The first-order valence-corrected chi connectivity index (χ1v) is 6.36. The van der Waals surface area contributed by atoms with Crippen molar-refractivity contribution in [1.29, 1.82) is 0 Å². The predicted octanol–water partition coefficient (Wildman–Crippen LogP) is 1.30. The summed E-state index contributed by atoms with van der Waals surface area (Å²) in [5, 5.41) is 9.14. The highest BCUT2D eigenvalue weighted by Crippen LogP contribution is 2.32. The minimum absolute atomic E-state index is 0.0350. The highest BCUT2D eigenvalue weighted by Gasteiger charge is 2.16. The SMILES string of the molecule is C#CCOc1cc(C(=O)O)cc(OCC#C)c1CCCN. The molecule has 0 aromatic heterocycles. The molecule has 1 aromatic carbocycles. The summed E-state index contributed by atoms with van der Waals surface area (Å²) in [7, 11) is 0. The largest absolute Gasteiger partial charge is 0.481 e. The van der Waals surface area contributed by atoms with Gasteiger partial charge in [0.05, 0.1) is 5.56 Å². The molecule has 21 heavy (non-hydrogen) atoms. The van der Waals surface area contributed by atoms with E-state index in [1.54, 1.807) is 0 Å². The molecule has 110 valence electrons. The molecule has 3 N–H and O–H groups in total. The van der Waals surface area contributed by atoms with Crippen LogP contribution in [0.2, 0.25) is 0 Å². The standard InChI is InChI=1S/C16H17NO4/c1-3-8-20-14-10-12(16(18)19)11-15(21-9-4-2)13(14)6-5-7-17/h1-2,10-11H,5-9,17H2,(H,18,19). The Labute approximate surface area is 124 Å². The minimum atomic E-state index is -1.09. The van der Waals surface area contributed by atoms with Crippen LogP contribution in [0.1, 0.15) is 22.3 Å². The average Bonchev–Trinajstić information content (AvgIpc) is 2.48. The molecule has 5 nitrogen and oxygen atoms in total. The fourth-order valence-electron chi connectivity index (χ4n) is 1.76. The third-order valence-corrected chi connectivity index (χ3v) is 2.67. The van der Waals surface area contributed by atoms with Crippen molar-refractivity contribution in [2.75, 3.05) is 19.8 Å². The molecule has 0 saturated heterocycles. The second-order valence-electron chi connectivity index (χ2n) is 4.13. The molecule has 1 aromatic rings. The second-order valence-corrected chi connectivity index (χ2v) is 4.13. The van der Waals surface area contributed by atoms with Crippen molar-refractivity contribution in [3.05, 3.63) is 23.3 Å². The number of hydrogen-bond donors (Lipinski definition) is 2. The number of terminal acetylenes is 2. The zero-order valence-electron chi connectivity index (χ0n) is 11.6. The lowest BCUT2D eigenvalue weighted by Gasteiger charge is -2.15. The topological polar surface area (TPSA) is 81.8 Å². The molecule has 0 aliphatic heterocycles. The van der Waals surface area contributed by atoms with E-state index in [4.69, 9.17) is 33.2 Å². The lowest BCUT2D eigenvalue weighted by Crippen LogP contribution is -2.08. The molecule has 0 aliphatic carbocycles. The van der Waals surface area contributed by atoms with Gasteiger partial charge in [0.25, 0.3) is 0 Å². The van der Waals surface area contributed by atoms with Crippen LogP contribution >= 0.6 is 0 Å². The van der Waals surface area contributed by atoms with Gasteiger partial charge < -0.3 is 20.3 Å². The van der Waals surface area contributed by atoms with Crippen molar-refractivity contribution in [3.63, 3.8) is 0 Å². The Morgan fingerprint density at radius 3 is 2.10 bits per heavy atom. The van der Waals surface area contributed by atoms with Crippen molar-refractivity contribution < 1.29 is 19.4 Å². The van der Waals surface area contributed by atoms with Gasteiger partial charge in [-0.1, -0.05) is 11.8 Å². The molecule has 0 fully saturated rings. The number of aromatic carboxylic acids is 1. The normalized spacial score (nSPS) is 9.48. The van der Waals surface area contributed by atoms with Gasteiger partial charge in [-0.25, -0.2) is 4.79 Å². The highest BCUT2D eigenvalue weighted by molar-refractivity contribution is 5.89. The Morgan fingerprint density at radius 2 is 1.71 bits per heavy atom. The first kappa shape index (κ1) is 16.4. The maximum Gasteiger partial charge on any atom is 0.335 e. The number of rotatable bonds is 8. The van der Waals surface area contributed by atoms with Crippen LogP contribution in [0, 0.1) is 24.7 Å². The Kier molecular flexibility index (Phi) is 6.67. The number of nitrogens with two attached hydrogens (primary N) is 1. The van der Waals surface area contributed by atoms with Crippen molar-refractivity contribution in [2.24, 2.45) is 5.73 Å². The van der Waals surface area contributed by atoms with Crippen LogP contribution in [0.5, 0.6) is 11.5 Å². The zero-order valence-corrected chi connectivity index (χ0v) is 11.6. The Morgan fingerprint density at radius 1 is 1.19 bits per heavy atom. The molecular weight excluding hydrogens is 270 g/mol. The third kappa shape index (κ3) is 4.76. The summed E-state index contributed by atoms with van der Waals surface area (Å²) in [6, 6.07) is 2.85. The van der Waals surface area contributed by atoms with Crippen LogP contribution < -0.4 is 15.2 Å². The van der Waals surface area contributed by atoms with Gasteiger partial charge >= 0.3 is 5.97 Å². The highest BCUT2D eigenvalue weighted by atomic mass is 16.5. The molecule has 0 unspecified atom stereocenters. The lowest BCUT2D eigenvalue weighted by atomic mass is 10.0. The molecule has 0 aliphatic rings. The summed E-state index contributed by atoms with van der Waals surface area (Å²) >= 11 is 0. The molecular formula is C16H17NO4. The van der Waals surface area contributed by atoms with E-state index < -0.39 is 5.97 Å². The van der Waals surface area contributed by atoms with Crippen LogP contribution in [0.25, 0.3) is 0 Å². The summed E-state index contributed by atoms with van der Waals surface area (Å²) in [5.41, 5.74) is 6.28. The van der Waals surface area contributed by atoms with Gasteiger partial charge in [-0.05, 0) is 31.5 Å². The quantitative estimate of drug-likeness (QED) is 0.704. The van der Waals surface area contributed by atoms with Gasteiger partial charge in [0.15, 0.2) is 0 Å². The van der Waals surface area contributed by atoms with Gasteiger partial charge in [-0.3, -0.25) is 0 Å². The fraction of sp³-hybridized carbons (Fsp3) is 0.312. The Bertz CT molecular complexity index is 542. The van der Waals surface area contributed by atoms with E-state index >= 15 is 0 Å². The molecule has 0 spiro atoms. The zero-order chi connectivity index (χ0) is 15.7. The molecule has 0 atom stereocenters. The van der Waals surface area contributed by atoms with Crippen molar-refractivity contribution in [3.8, 4) is 36.2 Å². The number of carboxylic acids is 1. The van der Waals surface area contributed by atoms with Crippen LogP contribution in [-0.2, 0) is 6.42 Å².